The van der Waals surface area contributed by atoms with E-state index in [1.807, 2.05) is 0 Å². The molecule has 1 N–H and O–H groups in total. The Labute approximate surface area is 105 Å². The van der Waals surface area contributed by atoms with Gasteiger partial charge in [0.15, 0.2) is 0 Å². The first-order chi connectivity index (χ1) is 8.33. The van der Waals surface area contributed by atoms with Crippen LogP contribution in [0.1, 0.15) is 30.1 Å². The maximum Gasteiger partial charge on any atom is 0.137 e. The Morgan fingerprint density at radius 3 is 3.29 bits per heavy atom. The van der Waals surface area contributed by atoms with Gasteiger partial charge in [0, 0.05) is 36.3 Å². The summed E-state index contributed by atoms with van der Waals surface area (Å²) < 4.78 is 0. The van der Waals surface area contributed by atoms with Gasteiger partial charge in [-0.2, -0.15) is 0 Å². The normalized spacial score (nSPS) is 23.9. The highest BCUT2D eigenvalue weighted by Gasteiger charge is 2.33. The molecule has 17 heavy (non-hydrogen) atoms. The first-order valence-electron chi connectivity index (χ1n) is 6.23. The minimum absolute atomic E-state index is 0.591. The minimum atomic E-state index is 0.591. The number of aromatic nitrogens is 2. The Morgan fingerprint density at radius 1 is 1.41 bits per heavy atom. The lowest BCUT2D eigenvalue weighted by atomic mass is 9.97. The molecule has 1 atom stereocenters. The highest BCUT2D eigenvalue weighted by molar-refractivity contribution is 6.31. The van der Waals surface area contributed by atoms with Crippen LogP contribution in [-0.4, -0.2) is 28.0 Å². The summed E-state index contributed by atoms with van der Waals surface area (Å²) in [6.45, 7) is 2.42. The van der Waals surface area contributed by atoms with Crippen molar-refractivity contribution in [2.45, 2.75) is 25.3 Å². The van der Waals surface area contributed by atoms with E-state index >= 15 is 0 Å². The van der Waals surface area contributed by atoms with Gasteiger partial charge in [-0.1, -0.05) is 11.6 Å². The van der Waals surface area contributed by atoms with Crippen molar-refractivity contribution >= 4 is 22.6 Å². The molecule has 2 aliphatic rings. The van der Waals surface area contributed by atoms with Crippen LogP contribution in [0.2, 0.25) is 5.02 Å². The van der Waals surface area contributed by atoms with E-state index in [2.05, 4.69) is 20.9 Å². The minimum Gasteiger partial charge on any atom is -0.343 e. The molecule has 0 saturated carbocycles. The van der Waals surface area contributed by atoms with Crippen LogP contribution in [0.3, 0.4) is 0 Å². The Kier molecular flexibility index (Phi) is 2.02. The summed E-state index contributed by atoms with van der Waals surface area (Å²) in [5.41, 5.74) is 3.82. The zero-order chi connectivity index (χ0) is 11.4. The summed E-state index contributed by atoms with van der Waals surface area (Å²) in [7, 11) is 0. The third-order valence-corrected chi connectivity index (χ3v) is 4.29. The summed E-state index contributed by atoms with van der Waals surface area (Å²) in [6, 6.07) is 2.65. The van der Waals surface area contributed by atoms with E-state index < -0.39 is 0 Å². The largest absolute Gasteiger partial charge is 0.343 e. The van der Waals surface area contributed by atoms with Crippen molar-refractivity contribution in [1.82, 2.24) is 14.9 Å². The number of nitrogens with zero attached hydrogens (tertiary/aromatic N) is 2. The smallest absolute Gasteiger partial charge is 0.137 e. The fraction of sp³-hybridized carbons (Fsp3) is 0.462. The van der Waals surface area contributed by atoms with Crippen LogP contribution in [0.4, 0.5) is 0 Å². The third kappa shape index (κ3) is 1.36. The quantitative estimate of drug-likeness (QED) is 0.776. The van der Waals surface area contributed by atoms with Gasteiger partial charge in [-0.15, -0.1) is 0 Å². The molecule has 0 spiro atoms. The molecule has 0 aliphatic carbocycles. The van der Waals surface area contributed by atoms with E-state index in [4.69, 9.17) is 11.6 Å². The van der Waals surface area contributed by atoms with Gasteiger partial charge in [0.2, 0.25) is 0 Å². The summed E-state index contributed by atoms with van der Waals surface area (Å²) in [4.78, 5) is 10.4. The molecule has 88 valence electrons. The molecule has 0 radical (unpaired) electrons. The molecule has 2 aliphatic heterocycles. The van der Waals surface area contributed by atoms with Gasteiger partial charge in [-0.3, -0.25) is 4.90 Å². The fourth-order valence-corrected chi connectivity index (χ4v) is 3.53. The summed E-state index contributed by atoms with van der Waals surface area (Å²) in [6.07, 6.45) is 5.41. The number of hydrogen-bond acceptors (Lipinski definition) is 2. The lowest BCUT2D eigenvalue weighted by Crippen LogP contribution is -2.30. The molecular weight excluding hydrogens is 234 g/mol. The molecule has 1 fully saturated rings. The van der Waals surface area contributed by atoms with Crippen LogP contribution in [0, 0.1) is 0 Å². The number of H-pyrrole nitrogens is 1. The predicted octanol–water partition coefficient (Wildman–Crippen LogP) is 2.91. The number of aromatic amines is 1. The van der Waals surface area contributed by atoms with E-state index in [1.165, 1.54) is 42.6 Å². The van der Waals surface area contributed by atoms with Crippen LogP contribution >= 0.6 is 11.6 Å². The molecule has 4 heterocycles. The molecule has 0 amide bonds. The molecule has 0 bridgehead atoms. The second-order valence-electron chi connectivity index (χ2n) is 5.01. The Morgan fingerprint density at radius 2 is 2.35 bits per heavy atom. The molecule has 2 aromatic heterocycles. The van der Waals surface area contributed by atoms with E-state index in [0.29, 0.717) is 6.04 Å². The zero-order valence-electron chi connectivity index (χ0n) is 9.54. The zero-order valence-corrected chi connectivity index (χ0v) is 10.3. The summed E-state index contributed by atoms with van der Waals surface area (Å²) >= 11 is 6.07. The molecule has 1 saturated heterocycles. The Balaban J connectivity index is 1.99. The number of fused-ring (bicyclic) bond motifs is 5. The molecule has 0 aromatic carbocycles. The maximum atomic E-state index is 6.07. The SMILES string of the molecule is Clc1cnc2[nH]c3c(c2c1)C1CCCN1CC3. The van der Waals surface area contributed by atoms with Crippen molar-refractivity contribution in [2.75, 3.05) is 13.1 Å². The van der Waals surface area contributed by atoms with Crippen LogP contribution in [0.25, 0.3) is 11.0 Å². The molecule has 2 aromatic rings. The average molecular weight is 248 g/mol. The lowest BCUT2D eigenvalue weighted by molar-refractivity contribution is 0.244. The number of pyridine rings is 1. The van der Waals surface area contributed by atoms with Crippen molar-refractivity contribution < 1.29 is 0 Å². The highest BCUT2D eigenvalue weighted by atomic mass is 35.5. The van der Waals surface area contributed by atoms with Gasteiger partial charge in [0.05, 0.1) is 5.02 Å². The van der Waals surface area contributed by atoms with E-state index in [1.54, 1.807) is 6.20 Å². The van der Waals surface area contributed by atoms with E-state index in [9.17, 15) is 0 Å². The van der Waals surface area contributed by atoms with Crippen LogP contribution in [-0.2, 0) is 6.42 Å². The monoisotopic (exact) mass is 247 g/mol. The second kappa shape index (κ2) is 3.47. The van der Waals surface area contributed by atoms with Gasteiger partial charge < -0.3 is 4.98 Å². The van der Waals surface area contributed by atoms with Crippen LogP contribution in [0.15, 0.2) is 12.3 Å². The average Bonchev–Trinajstić information content (AvgIpc) is 2.90. The second-order valence-corrected chi connectivity index (χ2v) is 5.45. The molecule has 3 nitrogen and oxygen atoms in total. The topological polar surface area (TPSA) is 31.9 Å². The van der Waals surface area contributed by atoms with Crippen molar-refractivity contribution in [3.8, 4) is 0 Å². The van der Waals surface area contributed by atoms with Gasteiger partial charge in [0.25, 0.3) is 0 Å². The van der Waals surface area contributed by atoms with E-state index in [-0.39, 0.29) is 0 Å². The predicted molar refractivity (Wildman–Crippen MR) is 68.4 cm³/mol. The van der Waals surface area contributed by atoms with Crippen LogP contribution < -0.4 is 0 Å². The first kappa shape index (κ1) is 9.92. The molecule has 1 unspecified atom stereocenters. The summed E-state index contributed by atoms with van der Waals surface area (Å²) in [5, 5.41) is 1.96. The first-order valence-corrected chi connectivity index (χ1v) is 6.61. The molecule has 4 heteroatoms. The number of nitrogens with one attached hydrogen (secondary N) is 1. The van der Waals surface area contributed by atoms with Gasteiger partial charge in [-0.25, -0.2) is 4.98 Å². The van der Waals surface area contributed by atoms with Crippen LogP contribution in [0.5, 0.6) is 0 Å². The van der Waals surface area contributed by atoms with Crippen molar-refractivity contribution in [3.63, 3.8) is 0 Å². The van der Waals surface area contributed by atoms with E-state index in [0.717, 1.165) is 17.1 Å². The lowest BCUT2D eigenvalue weighted by Gasteiger charge is -2.29. The molecular formula is C13H14ClN3. The van der Waals surface area contributed by atoms with Crippen molar-refractivity contribution in [2.24, 2.45) is 0 Å². The third-order valence-electron chi connectivity index (χ3n) is 4.08. The van der Waals surface area contributed by atoms with Gasteiger partial charge >= 0.3 is 0 Å². The fourth-order valence-electron chi connectivity index (χ4n) is 3.37. The Bertz CT molecular complexity index is 590. The maximum absolute atomic E-state index is 6.07. The summed E-state index contributed by atoms with van der Waals surface area (Å²) in [5.74, 6) is 0. The Hall–Kier alpha value is -1.06. The van der Waals surface area contributed by atoms with Gasteiger partial charge in [-0.05, 0) is 31.0 Å². The number of halogens is 1. The standard InChI is InChI=1S/C13H14ClN3/c14-8-6-9-12-10(16-13(9)15-7-8)3-5-17-4-1-2-11(12)17/h6-7,11H,1-5H2,(H,15,16). The van der Waals surface area contributed by atoms with Crippen molar-refractivity contribution in [1.29, 1.82) is 0 Å². The highest BCUT2D eigenvalue weighted by Crippen LogP contribution is 2.41. The van der Waals surface area contributed by atoms with Crippen molar-refractivity contribution in [3.05, 3.63) is 28.5 Å². The number of rotatable bonds is 0. The number of hydrogen-bond donors (Lipinski definition) is 1. The van der Waals surface area contributed by atoms with Gasteiger partial charge in [0.1, 0.15) is 5.65 Å². The molecule has 4 rings (SSSR count).